The zero-order valence-corrected chi connectivity index (χ0v) is 15.9. The van der Waals surface area contributed by atoms with Gasteiger partial charge in [0.2, 0.25) is 0 Å². The average molecular weight is 347 g/mol. The van der Waals surface area contributed by atoms with E-state index in [1.807, 2.05) is 6.20 Å². The Kier molecular flexibility index (Phi) is 4.48. The molecule has 2 fully saturated rings. The molecule has 8 atom stereocenters. The molecule has 0 aromatic carbocycles. The lowest BCUT2D eigenvalue weighted by Crippen LogP contribution is -2.52. The van der Waals surface area contributed by atoms with Crippen LogP contribution in [0, 0.1) is 46.8 Å². The molecule has 2 saturated carbocycles. The number of H-pyrrole nitrogens is 1. The predicted octanol–water partition coefficient (Wildman–Crippen LogP) is 3.05. The van der Waals surface area contributed by atoms with Crippen LogP contribution in [0.15, 0.2) is 6.20 Å². The number of aromatic nitrogens is 2. The Morgan fingerprint density at radius 2 is 2.00 bits per heavy atom. The lowest BCUT2D eigenvalue weighted by Gasteiger charge is -2.55. The number of nitrogens with one attached hydrogen (secondary N) is 1. The first-order chi connectivity index (χ1) is 12.0. The van der Waals surface area contributed by atoms with Gasteiger partial charge in [-0.2, -0.15) is 5.10 Å². The summed E-state index contributed by atoms with van der Waals surface area (Å²) in [5.41, 5.74) is 2.57. The number of rotatable bonds is 3. The van der Waals surface area contributed by atoms with Crippen molar-refractivity contribution in [1.82, 2.24) is 10.2 Å². The molecular weight excluding hydrogens is 312 g/mol. The van der Waals surface area contributed by atoms with Gasteiger partial charge in [0.25, 0.3) is 0 Å². The third-order valence-electron chi connectivity index (χ3n) is 8.50. The lowest BCUT2D eigenvalue weighted by atomic mass is 9.50. The van der Waals surface area contributed by atoms with Gasteiger partial charge in [-0.3, -0.25) is 5.10 Å². The van der Waals surface area contributed by atoms with E-state index in [2.05, 4.69) is 31.0 Å². The summed E-state index contributed by atoms with van der Waals surface area (Å²) in [7, 11) is 0. The Bertz CT molecular complexity index is 615. The molecule has 0 bridgehead atoms. The molecule has 3 aliphatic carbocycles. The molecule has 1 heterocycles. The maximum atomic E-state index is 10.4. The van der Waals surface area contributed by atoms with E-state index in [0.717, 1.165) is 30.6 Å². The number of hydrogen-bond acceptors (Lipinski definition) is 3. The Balaban J connectivity index is 1.69. The van der Waals surface area contributed by atoms with Gasteiger partial charge in [0.1, 0.15) is 0 Å². The minimum absolute atomic E-state index is 0.0457. The smallest absolute Gasteiger partial charge is 0.0522 e. The van der Waals surface area contributed by atoms with E-state index in [1.54, 1.807) is 0 Å². The van der Waals surface area contributed by atoms with Crippen LogP contribution in [-0.2, 0) is 12.8 Å². The van der Waals surface area contributed by atoms with Crippen LogP contribution in [0.4, 0.5) is 0 Å². The number of aliphatic hydroxyl groups is 2. The number of hydrogen-bond donors (Lipinski definition) is 3. The summed E-state index contributed by atoms with van der Waals surface area (Å²) in [4.78, 5) is 0. The molecule has 0 amide bonds. The van der Waals surface area contributed by atoms with Crippen molar-refractivity contribution in [3.05, 3.63) is 17.5 Å². The quantitative estimate of drug-likeness (QED) is 0.788. The van der Waals surface area contributed by atoms with Crippen LogP contribution in [-0.4, -0.2) is 33.6 Å². The SMILES string of the molecule is C[C@@H]1C[C@H]([C@@]2(C)Cc3cn[nH]c3C[C@@H]2CO)[C@@H](CO)[C@H]2CC[C@H](C)[C@@H]21. The molecule has 3 aliphatic rings. The Morgan fingerprint density at radius 3 is 2.72 bits per heavy atom. The summed E-state index contributed by atoms with van der Waals surface area (Å²) in [6, 6.07) is 0. The minimum Gasteiger partial charge on any atom is -0.396 e. The second-order valence-electron chi connectivity index (χ2n) is 9.60. The van der Waals surface area contributed by atoms with Gasteiger partial charge in [-0.25, -0.2) is 0 Å². The second kappa shape index (κ2) is 6.38. The van der Waals surface area contributed by atoms with Crippen LogP contribution in [0.2, 0.25) is 0 Å². The molecule has 1 aromatic rings. The van der Waals surface area contributed by atoms with Crippen LogP contribution in [0.5, 0.6) is 0 Å². The Morgan fingerprint density at radius 1 is 1.20 bits per heavy atom. The maximum absolute atomic E-state index is 10.4. The molecule has 0 unspecified atom stereocenters. The van der Waals surface area contributed by atoms with Gasteiger partial charge in [-0.05, 0) is 78.1 Å². The molecular formula is C21H34N2O2. The minimum atomic E-state index is 0.0457. The van der Waals surface area contributed by atoms with Crippen molar-refractivity contribution >= 4 is 0 Å². The van der Waals surface area contributed by atoms with E-state index in [0.29, 0.717) is 24.4 Å². The van der Waals surface area contributed by atoms with Crippen molar-refractivity contribution in [1.29, 1.82) is 0 Å². The molecule has 140 valence electrons. The van der Waals surface area contributed by atoms with E-state index in [-0.39, 0.29) is 17.9 Å². The van der Waals surface area contributed by atoms with E-state index < -0.39 is 0 Å². The van der Waals surface area contributed by atoms with Gasteiger partial charge in [0.15, 0.2) is 0 Å². The highest BCUT2D eigenvalue weighted by Gasteiger charge is 2.55. The van der Waals surface area contributed by atoms with Gasteiger partial charge in [0.05, 0.1) is 6.20 Å². The highest BCUT2D eigenvalue weighted by molar-refractivity contribution is 5.24. The normalized spacial score (nSPS) is 46.7. The van der Waals surface area contributed by atoms with Gasteiger partial charge < -0.3 is 10.2 Å². The molecule has 25 heavy (non-hydrogen) atoms. The third kappa shape index (κ3) is 2.59. The fourth-order valence-electron chi connectivity index (χ4n) is 7.20. The first-order valence-electron chi connectivity index (χ1n) is 10.2. The molecule has 0 aliphatic heterocycles. The van der Waals surface area contributed by atoms with Crippen molar-refractivity contribution in [3.8, 4) is 0 Å². The maximum Gasteiger partial charge on any atom is 0.0522 e. The fourth-order valence-corrected chi connectivity index (χ4v) is 7.20. The molecule has 4 rings (SSSR count). The van der Waals surface area contributed by atoms with E-state index in [9.17, 15) is 10.2 Å². The Hall–Kier alpha value is -0.870. The van der Waals surface area contributed by atoms with Crippen LogP contribution in [0.1, 0.15) is 51.3 Å². The summed E-state index contributed by atoms with van der Waals surface area (Å²) in [6.45, 7) is 7.75. The van der Waals surface area contributed by atoms with Crippen LogP contribution >= 0.6 is 0 Å². The summed E-state index contributed by atoms with van der Waals surface area (Å²) in [5.74, 6) is 4.08. The average Bonchev–Trinajstić information content (AvgIpc) is 3.20. The van der Waals surface area contributed by atoms with Crippen molar-refractivity contribution in [2.45, 2.75) is 52.9 Å². The van der Waals surface area contributed by atoms with Crippen LogP contribution in [0.3, 0.4) is 0 Å². The van der Waals surface area contributed by atoms with Crippen molar-refractivity contribution in [2.24, 2.45) is 46.8 Å². The zero-order valence-electron chi connectivity index (χ0n) is 15.9. The summed E-state index contributed by atoms with van der Waals surface area (Å²) in [6.07, 6.45) is 7.61. The Labute approximate surface area is 151 Å². The molecule has 1 aromatic heterocycles. The summed E-state index contributed by atoms with van der Waals surface area (Å²) < 4.78 is 0. The number of nitrogens with zero attached hydrogens (tertiary/aromatic N) is 1. The highest BCUT2D eigenvalue weighted by Crippen LogP contribution is 2.59. The zero-order chi connectivity index (χ0) is 17.8. The van der Waals surface area contributed by atoms with Crippen molar-refractivity contribution in [2.75, 3.05) is 13.2 Å². The number of aliphatic hydroxyl groups excluding tert-OH is 2. The first kappa shape index (κ1) is 17.5. The van der Waals surface area contributed by atoms with Gasteiger partial charge in [0, 0.05) is 18.9 Å². The predicted molar refractivity (Wildman–Crippen MR) is 97.9 cm³/mol. The molecule has 3 N–H and O–H groups in total. The van der Waals surface area contributed by atoms with Gasteiger partial charge in [-0.1, -0.05) is 27.2 Å². The van der Waals surface area contributed by atoms with E-state index >= 15 is 0 Å². The largest absolute Gasteiger partial charge is 0.396 e. The highest BCUT2D eigenvalue weighted by atomic mass is 16.3. The molecule has 0 saturated heterocycles. The van der Waals surface area contributed by atoms with Gasteiger partial charge >= 0.3 is 0 Å². The first-order valence-corrected chi connectivity index (χ1v) is 10.2. The molecule has 0 radical (unpaired) electrons. The third-order valence-corrected chi connectivity index (χ3v) is 8.50. The van der Waals surface area contributed by atoms with Crippen LogP contribution in [0.25, 0.3) is 0 Å². The van der Waals surface area contributed by atoms with Crippen molar-refractivity contribution in [3.63, 3.8) is 0 Å². The molecule has 4 heteroatoms. The van der Waals surface area contributed by atoms with Crippen molar-refractivity contribution < 1.29 is 10.2 Å². The molecule has 4 nitrogen and oxygen atoms in total. The fraction of sp³-hybridized carbons (Fsp3) is 0.857. The molecule has 0 spiro atoms. The second-order valence-corrected chi connectivity index (χ2v) is 9.60. The monoisotopic (exact) mass is 346 g/mol. The summed E-state index contributed by atoms with van der Waals surface area (Å²) >= 11 is 0. The standard InChI is InChI=1S/C21H34N2O2/c1-12-4-5-16-17(11-25)18(6-13(2)20(12)16)21(3)8-14-9-22-23-19(14)7-15(21)10-24/h9,12-13,15-18,20,24-25H,4-8,10-11H2,1-3H3,(H,22,23)/t12-,13+,15+,16+,17-,18-,20+,21-/m0/s1. The topological polar surface area (TPSA) is 69.1 Å². The van der Waals surface area contributed by atoms with E-state index in [4.69, 9.17) is 0 Å². The van der Waals surface area contributed by atoms with Crippen LogP contribution < -0.4 is 0 Å². The number of fused-ring (bicyclic) bond motifs is 2. The van der Waals surface area contributed by atoms with Gasteiger partial charge in [-0.15, -0.1) is 0 Å². The lowest BCUT2D eigenvalue weighted by molar-refractivity contribution is -0.0794. The summed E-state index contributed by atoms with van der Waals surface area (Å²) in [5, 5.41) is 27.9. The van der Waals surface area contributed by atoms with E-state index in [1.165, 1.54) is 30.5 Å². The number of aromatic amines is 1.